The molecule has 0 bridgehead atoms. The Balaban J connectivity index is 1.94. The quantitative estimate of drug-likeness (QED) is 0.501. The molecule has 3 rings (SSSR count). The molecule has 1 aliphatic heterocycles. The molecule has 1 aromatic heterocycles. The van der Waals surface area contributed by atoms with Crippen molar-refractivity contribution in [1.82, 2.24) is 0 Å². The summed E-state index contributed by atoms with van der Waals surface area (Å²) in [6, 6.07) is 7.43. The highest BCUT2D eigenvalue weighted by Crippen LogP contribution is 2.36. The first kappa shape index (κ1) is 15.8. The Labute approximate surface area is 141 Å². The normalized spacial score (nSPS) is 16.9. The standard InChI is InChI=1S/C15H14N2O4S2/c1-9-5-11-6-10(8-23-13-3-2-4-22-13)7-12(17(19)20)14(11)16-15(18)21-9/h2-4,6-7,9H,5,8H2,1H3,(H,16,18). The molecule has 120 valence electrons. The van der Waals surface area contributed by atoms with Crippen molar-refractivity contribution in [1.29, 1.82) is 0 Å². The van der Waals surface area contributed by atoms with Crippen LogP contribution in [0.4, 0.5) is 16.2 Å². The Morgan fingerprint density at radius 2 is 2.35 bits per heavy atom. The van der Waals surface area contributed by atoms with E-state index in [1.807, 2.05) is 23.6 Å². The molecule has 0 saturated carbocycles. The van der Waals surface area contributed by atoms with Crippen LogP contribution in [0.5, 0.6) is 0 Å². The lowest BCUT2D eigenvalue weighted by Crippen LogP contribution is -2.17. The zero-order valence-electron chi connectivity index (χ0n) is 12.3. The summed E-state index contributed by atoms with van der Waals surface area (Å²) in [5, 5.41) is 15.9. The third-order valence-electron chi connectivity index (χ3n) is 3.37. The minimum atomic E-state index is -0.653. The van der Waals surface area contributed by atoms with E-state index in [0.29, 0.717) is 12.2 Å². The molecule has 6 nitrogen and oxygen atoms in total. The van der Waals surface area contributed by atoms with Crippen LogP contribution in [-0.4, -0.2) is 17.1 Å². The number of thiophene rings is 1. The fourth-order valence-electron chi connectivity index (χ4n) is 2.45. The average Bonchev–Trinajstić information content (AvgIpc) is 2.94. The van der Waals surface area contributed by atoms with E-state index in [1.165, 1.54) is 6.07 Å². The van der Waals surface area contributed by atoms with Gasteiger partial charge >= 0.3 is 6.09 Å². The van der Waals surface area contributed by atoms with Crippen molar-refractivity contribution >= 4 is 40.6 Å². The van der Waals surface area contributed by atoms with Crippen LogP contribution in [0, 0.1) is 10.1 Å². The molecule has 23 heavy (non-hydrogen) atoms. The molecule has 1 unspecified atom stereocenters. The van der Waals surface area contributed by atoms with E-state index < -0.39 is 11.0 Å². The number of ether oxygens (including phenoxy) is 1. The second-order valence-electron chi connectivity index (χ2n) is 5.17. The zero-order valence-corrected chi connectivity index (χ0v) is 13.9. The predicted molar refractivity (Wildman–Crippen MR) is 90.2 cm³/mol. The molecule has 1 aliphatic rings. The van der Waals surface area contributed by atoms with Gasteiger partial charge in [-0.25, -0.2) is 4.79 Å². The van der Waals surface area contributed by atoms with E-state index >= 15 is 0 Å². The lowest BCUT2D eigenvalue weighted by atomic mass is 10.0. The van der Waals surface area contributed by atoms with E-state index in [0.717, 1.165) is 15.3 Å². The number of amides is 1. The Morgan fingerprint density at radius 1 is 1.52 bits per heavy atom. The van der Waals surface area contributed by atoms with E-state index in [4.69, 9.17) is 4.74 Å². The van der Waals surface area contributed by atoms with Crippen LogP contribution in [0.15, 0.2) is 33.9 Å². The smallest absolute Gasteiger partial charge is 0.412 e. The molecule has 0 saturated heterocycles. The van der Waals surface area contributed by atoms with E-state index in [1.54, 1.807) is 30.0 Å². The van der Waals surface area contributed by atoms with Crippen molar-refractivity contribution in [2.75, 3.05) is 5.32 Å². The monoisotopic (exact) mass is 350 g/mol. The van der Waals surface area contributed by atoms with Gasteiger partial charge in [0.25, 0.3) is 5.69 Å². The van der Waals surface area contributed by atoms with Gasteiger partial charge in [-0.3, -0.25) is 15.4 Å². The van der Waals surface area contributed by atoms with E-state index in [9.17, 15) is 14.9 Å². The Bertz CT molecular complexity index is 746. The minimum Gasteiger partial charge on any atom is -0.446 e. The fourth-order valence-corrected chi connectivity index (χ4v) is 4.16. The van der Waals surface area contributed by atoms with Gasteiger partial charge in [-0.1, -0.05) is 12.1 Å². The second kappa shape index (κ2) is 6.59. The first-order valence-corrected chi connectivity index (χ1v) is 8.83. The third-order valence-corrected chi connectivity index (χ3v) is 5.58. The first-order valence-electron chi connectivity index (χ1n) is 6.97. The van der Waals surface area contributed by atoms with Gasteiger partial charge in [-0.2, -0.15) is 0 Å². The van der Waals surface area contributed by atoms with Crippen LogP contribution in [-0.2, 0) is 16.9 Å². The molecular weight excluding hydrogens is 336 g/mol. The van der Waals surface area contributed by atoms with Crippen molar-refractivity contribution in [3.63, 3.8) is 0 Å². The number of anilines is 1. The molecule has 1 atom stereocenters. The minimum absolute atomic E-state index is 0.0877. The number of carbonyl (C=O) groups is 1. The Hall–Kier alpha value is -2.06. The topological polar surface area (TPSA) is 81.5 Å². The highest BCUT2D eigenvalue weighted by Gasteiger charge is 2.27. The molecule has 0 fully saturated rings. The molecule has 8 heteroatoms. The number of rotatable bonds is 4. The molecule has 2 heterocycles. The molecule has 1 N–H and O–H groups in total. The summed E-state index contributed by atoms with van der Waals surface area (Å²) < 4.78 is 6.27. The average molecular weight is 350 g/mol. The van der Waals surface area contributed by atoms with Crippen LogP contribution in [0.3, 0.4) is 0 Å². The first-order chi connectivity index (χ1) is 11.0. The number of nitro groups is 1. The second-order valence-corrected chi connectivity index (χ2v) is 7.40. The highest BCUT2D eigenvalue weighted by molar-refractivity contribution is 8.00. The van der Waals surface area contributed by atoms with Gasteiger partial charge in [0.1, 0.15) is 11.8 Å². The number of carbonyl (C=O) groups excluding carboxylic acids is 1. The third kappa shape index (κ3) is 3.65. The van der Waals surface area contributed by atoms with Gasteiger partial charge in [0.05, 0.1) is 9.13 Å². The number of benzene rings is 1. The Kier molecular flexibility index (Phi) is 4.53. The molecule has 0 aliphatic carbocycles. The van der Waals surface area contributed by atoms with Crippen LogP contribution < -0.4 is 5.32 Å². The molecular formula is C15H14N2O4S2. The van der Waals surface area contributed by atoms with E-state index in [-0.39, 0.29) is 17.5 Å². The fraction of sp³-hybridized carbons (Fsp3) is 0.267. The number of thioether (sulfide) groups is 1. The van der Waals surface area contributed by atoms with Gasteiger partial charge in [0.15, 0.2) is 0 Å². The van der Waals surface area contributed by atoms with Crippen molar-refractivity contribution < 1.29 is 14.5 Å². The largest absolute Gasteiger partial charge is 0.446 e. The number of nitrogens with zero attached hydrogens (tertiary/aromatic N) is 1. The van der Waals surface area contributed by atoms with Gasteiger partial charge in [0.2, 0.25) is 0 Å². The van der Waals surface area contributed by atoms with E-state index in [2.05, 4.69) is 5.32 Å². The maximum atomic E-state index is 11.6. The number of nitro benzene ring substituents is 1. The van der Waals surface area contributed by atoms with Crippen molar-refractivity contribution in [3.05, 3.63) is 50.9 Å². The summed E-state index contributed by atoms with van der Waals surface area (Å²) in [6.07, 6.45) is -0.525. The van der Waals surface area contributed by atoms with Crippen molar-refractivity contribution in [3.8, 4) is 0 Å². The number of cyclic esters (lactones) is 1. The van der Waals surface area contributed by atoms with Gasteiger partial charge in [0, 0.05) is 18.2 Å². The van der Waals surface area contributed by atoms with Crippen LogP contribution in [0.25, 0.3) is 0 Å². The SMILES string of the molecule is CC1Cc2cc(CSc3cccs3)cc([N+](=O)[O-])c2NC(=O)O1. The van der Waals surface area contributed by atoms with Gasteiger partial charge < -0.3 is 4.74 Å². The lowest BCUT2D eigenvalue weighted by Gasteiger charge is -2.10. The number of hydrogen-bond donors (Lipinski definition) is 1. The van der Waals surface area contributed by atoms with Crippen molar-refractivity contribution in [2.24, 2.45) is 0 Å². The summed E-state index contributed by atoms with van der Waals surface area (Å²) in [4.78, 5) is 22.5. The van der Waals surface area contributed by atoms with Crippen LogP contribution in [0.2, 0.25) is 0 Å². The maximum Gasteiger partial charge on any atom is 0.412 e. The summed E-state index contributed by atoms with van der Waals surface area (Å²) >= 11 is 3.27. The highest BCUT2D eigenvalue weighted by atomic mass is 32.2. The molecule has 0 spiro atoms. The maximum absolute atomic E-state index is 11.6. The van der Waals surface area contributed by atoms with Crippen molar-refractivity contribution in [2.45, 2.75) is 29.4 Å². The summed E-state index contributed by atoms with van der Waals surface area (Å²) in [5.41, 5.74) is 1.75. The number of nitrogens with one attached hydrogen (secondary N) is 1. The molecule has 1 amide bonds. The zero-order chi connectivity index (χ0) is 16.4. The van der Waals surface area contributed by atoms with Gasteiger partial charge in [-0.05, 0) is 29.5 Å². The van der Waals surface area contributed by atoms with Crippen LogP contribution in [0.1, 0.15) is 18.1 Å². The summed E-state index contributed by atoms with van der Waals surface area (Å²) in [6.45, 7) is 1.77. The number of hydrogen-bond acceptors (Lipinski definition) is 6. The van der Waals surface area contributed by atoms with Gasteiger partial charge in [-0.15, -0.1) is 23.1 Å². The molecule has 1 aromatic carbocycles. The molecule has 0 radical (unpaired) electrons. The lowest BCUT2D eigenvalue weighted by molar-refractivity contribution is -0.384. The molecule has 2 aromatic rings. The summed E-state index contributed by atoms with van der Waals surface area (Å²) in [5.74, 6) is 0.637. The predicted octanol–water partition coefficient (Wildman–Crippen LogP) is 4.44. The number of fused-ring (bicyclic) bond motifs is 1. The summed E-state index contributed by atoms with van der Waals surface area (Å²) in [7, 11) is 0. The van der Waals surface area contributed by atoms with Crippen LogP contribution >= 0.6 is 23.1 Å². The Morgan fingerprint density at radius 3 is 3.04 bits per heavy atom.